The van der Waals surface area contributed by atoms with Crippen LogP contribution in [0, 0.1) is 13.8 Å². The van der Waals surface area contributed by atoms with Crippen LogP contribution in [-0.2, 0) is 4.79 Å². The van der Waals surface area contributed by atoms with Crippen molar-refractivity contribution in [2.75, 3.05) is 42.9 Å². The number of hydrogen-bond acceptors (Lipinski definition) is 4. The van der Waals surface area contributed by atoms with Gasteiger partial charge in [-0.3, -0.25) is 9.69 Å². The van der Waals surface area contributed by atoms with Crippen molar-refractivity contribution in [1.29, 1.82) is 0 Å². The zero-order valence-corrected chi connectivity index (χ0v) is 15.7. The first-order valence-corrected chi connectivity index (χ1v) is 9.11. The van der Waals surface area contributed by atoms with E-state index in [4.69, 9.17) is 5.11 Å². The molecule has 0 saturated carbocycles. The van der Waals surface area contributed by atoms with E-state index in [2.05, 4.69) is 15.1 Å². The normalized spacial score (nSPS) is 14.8. The van der Waals surface area contributed by atoms with Crippen molar-refractivity contribution in [2.24, 2.45) is 0 Å². The average molecular weight is 367 g/mol. The van der Waals surface area contributed by atoms with Gasteiger partial charge in [-0.05, 0) is 49.2 Å². The SMILES string of the molecule is Cc1cccc(C)c1NC(=O)CN1CCN(c2ccc(C(=O)O)cc2)CC1. The van der Waals surface area contributed by atoms with E-state index in [0.29, 0.717) is 12.1 Å². The van der Waals surface area contributed by atoms with E-state index in [1.54, 1.807) is 12.1 Å². The van der Waals surface area contributed by atoms with Crippen molar-refractivity contribution < 1.29 is 14.7 Å². The molecule has 0 aromatic heterocycles. The Morgan fingerprint density at radius 2 is 1.56 bits per heavy atom. The first-order valence-electron chi connectivity index (χ1n) is 9.11. The van der Waals surface area contributed by atoms with Gasteiger partial charge in [0.1, 0.15) is 0 Å². The molecular weight excluding hydrogens is 342 g/mol. The quantitative estimate of drug-likeness (QED) is 0.850. The van der Waals surface area contributed by atoms with Crippen molar-refractivity contribution in [2.45, 2.75) is 13.8 Å². The molecule has 142 valence electrons. The van der Waals surface area contributed by atoms with Crippen LogP contribution in [0.4, 0.5) is 11.4 Å². The Kier molecular flexibility index (Phi) is 5.76. The van der Waals surface area contributed by atoms with Crippen molar-refractivity contribution in [3.8, 4) is 0 Å². The smallest absolute Gasteiger partial charge is 0.335 e. The molecule has 2 N–H and O–H groups in total. The number of benzene rings is 2. The van der Waals surface area contributed by atoms with Gasteiger partial charge < -0.3 is 15.3 Å². The van der Waals surface area contributed by atoms with Crippen LogP contribution in [0.2, 0.25) is 0 Å². The molecule has 1 aliphatic rings. The molecule has 6 nitrogen and oxygen atoms in total. The highest BCUT2D eigenvalue weighted by Crippen LogP contribution is 2.20. The molecule has 1 amide bonds. The van der Waals surface area contributed by atoms with Gasteiger partial charge in [-0.1, -0.05) is 18.2 Å². The predicted molar refractivity (Wildman–Crippen MR) is 107 cm³/mol. The monoisotopic (exact) mass is 367 g/mol. The van der Waals surface area contributed by atoms with Crippen LogP contribution < -0.4 is 10.2 Å². The number of carbonyl (C=O) groups excluding carboxylic acids is 1. The van der Waals surface area contributed by atoms with Gasteiger partial charge in [0.25, 0.3) is 0 Å². The molecule has 0 bridgehead atoms. The van der Waals surface area contributed by atoms with E-state index in [-0.39, 0.29) is 5.91 Å². The fraction of sp³-hybridized carbons (Fsp3) is 0.333. The number of nitrogens with zero attached hydrogens (tertiary/aromatic N) is 2. The molecule has 0 atom stereocenters. The number of para-hydroxylation sites is 1. The Balaban J connectivity index is 1.52. The number of nitrogens with one attached hydrogen (secondary N) is 1. The zero-order valence-electron chi connectivity index (χ0n) is 15.7. The number of rotatable bonds is 5. The third-order valence-corrected chi connectivity index (χ3v) is 4.96. The van der Waals surface area contributed by atoms with E-state index in [9.17, 15) is 9.59 Å². The highest BCUT2D eigenvalue weighted by Gasteiger charge is 2.20. The van der Waals surface area contributed by atoms with E-state index >= 15 is 0 Å². The lowest BCUT2D eigenvalue weighted by Gasteiger charge is -2.35. The van der Waals surface area contributed by atoms with Crippen LogP contribution >= 0.6 is 0 Å². The highest BCUT2D eigenvalue weighted by molar-refractivity contribution is 5.93. The molecule has 3 rings (SSSR count). The largest absolute Gasteiger partial charge is 0.478 e. The molecule has 1 heterocycles. The molecule has 0 unspecified atom stereocenters. The van der Waals surface area contributed by atoms with Gasteiger partial charge in [0.05, 0.1) is 12.1 Å². The molecule has 2 aromatic carbocycles. The summed E-state index contributed by atoms with van der Waals surface area (Å²) in [7, 11) is 0. The summed E-state index contributed by atoms with van der Waals surface area (Å²) in [6.07, 6.45) is 0. The molecule has 27 heavy (non-hydrogen) atoms. The molecule has 1 fully saturated rings. The molecule has 1 saturated heterocycles. The lowest BCUT2D eigenvalue weighted by Crippen LogP contribution is -2.48. The van der Waals surface area contributed by atoms with Gasteiger partial charge in [-0.2, -0.15) is 0 Å². The molecular formula is C21H25N3O3. The first-order chi connectivity index (χ1) is 12.9. The number of amides is 1. The van der Waals surface area contributed by atoms with Crippen LogP contribution in [-0.4, -0.2) is 54.6 Å². The van der Waals surface area contributed by atoms with Gasteiger partial charge in [0, 0.05) is 37.6 Å². The summed E-state index contributed by atoms with van der Waals surface area (Å²) < 4.78 is 0. The topological polar surface area (TPSA) is 72.9 Å². The van der Waals surface area contributed by atoms with Crippen LogP contribution in [0.25, 0.3) is 0 Å². The summed E-state index contributed by atoms with van der Waals surface area (Å²) in [5.41, 5.74) is 4.34. The number of aromatic carboxylic acids is 1. The summed E-state index contributed by atoms with van der Waals surface area (Å²) in [6, 6.07) is 12.9. The maximum atomic E-state index is 12.4. The fourth-order valence-corrected chi connectivity index (χ4v) is 3.37. The summed E-state index contributed by atoms with van der Waals surface area (Å²) >= 11 is 0. The van der Waals surface area contributed by atoms with Crippen molar-refractivity contribution in [3.05, 3.63) is 59.2 Å². The van der Waals surface area contributed by atoms with Crippen LogP contribution in [0.3, 0.4) is 0 Å². The molecule has 1 aliphatic heterocycles. The first kappa shape index (κ1) is 18.9. The van der Waals surface area contributed by atoms with Crippen LogP contribution in [0.15, 0.2) is 42.5 Å². The Hall–Kier alpha value is -2.86. The molecule has 0 spiro atoms. The average Bonchev–Trinajstić information content (AvgIpc) is 2.65. The standard InChI is InChI=1S/C21H25N3O3/c1-15-4-3-5-16(2)20(15)22-19(25)14-23-10-12-24(13-11-23)18-8-6-17(7-9-18)21(26)27/h3-9H,10-14H2,1-2H3,(H,22,25)(H,26,27). The van der Waals surface area contributed by atoms with E-state index < -0.39 is 5.97 Å². The number of aryl methyl sites for hydroxylation is 2. The number of anilines is 2. The number of carboxylic acid groups (broad SMARTS) is 1. The second-order valence-corrected chi connectivity index (χ2v) is 6.93. The van der Waals surface area contributed by atoms with Gasteiger partial charge in [-0.25, -0.2) is 4.79 Å². The minimum Gasteiger partial charge on any atom is -0.478 e. The predicted octanol–water partition coefficient (Wildman–Crippen LogP) is 2.76. The number of carboxylic acids is 1. The van der Waals surface area contributed by atoms with E-state index in [0.717, 1.165) is 48.7 Å². The maximum absolute atomic E-state index is 12.4. The summed E-state index contributed by atoms with van der Waals surface area (Å²) in [5, 5.41) is 12.0. The second kappa shape index (κ2) is 8.22. The molecule has 6 heteroatoms. The Labute approximate surface area is 159 Å². The summed E-state index contributed by atoms with van der Waals surface area (Å²) in [6.45, 7) is 7.57. The minimum absolute atomic E-state index is 0.00617. The van der Waals surface area contributed by atoms with E-state index in [1.807, 2.05) is 44.2 Å². The van der Waals surface area contributed by atoms with Crippen molar-refractivity contribution in [1.82, 2.24) is 4.90 Å². The molecule has 0 aliphatic carbocycles. The van der Waals surface area contributed by atoms with Gasteiger partial charge in [0.15, 0.2) is 0 Å². The Bertz CT molecular complexity index is 805. The Morgan fingerprint density at radius 3 is 2.11 bits per heavy atom. The van der Waals surface area contributed by atoms with Gasteiger partial charge >= 0.3 is 5.97 Å². The minimum atomic E-state index is -0.915. The van der Waals surface area contributed by atoms with E-state index in [1.165, 1.54) is 0 Å². The molecule has 2 aromatic rings. The summed E-state index contributed by atoms with van der Waals surface area (Å²) in [4.78, 5) is 27.7. The zero-order chi connectivity index (χ0) is 19.4. The van der Waals surface area contributed by atoms with Crippen LogP contribution in [0.1, 0.15) is 21.5 Å². The molecule has 0 radical (unpaired) electrons. The number of piperazine rings is 1. The lowest BCUT2D eigenvalue weighted by molar-refractivity contribution is -0.117. The van der Waals surface area contributed by atoms with Crippen molar-refractivity contribution in [3.63, 3.8) is 0 Å². The number of hydrogen-bond donors (Lipinski definition) is 2. The third kappa shape index (κ3) is 4.65. The third-order valence-electron chi connectivity index (χ3n) is 4.96. The highest BCUT2D eigenvalue weighted by atomic mass is 16.4. The van der Waals surface area contributed by atoms with Gasteiger partial charge in [-0.15, -0.1) is 0 Å². The lowest BCUT2D eigenvalue weighted by atomic mass is 10.1. The summed E-state index contributed by atoms with van der Waals surface area (Å²) in [5.74, 6) is -0.909. The number of carbonyl (C=O) groups is 2. The fourth-order valence-electron chi connectivity index (χ4n) is 3.37. The Morgan fingerprint density at radius 1 is 0.963 bits per heavy atom. The second-order valence-electron chi connectivity index (χ2n) is 6.93. The van der Waals surface area contributed by atoms with Crippen molar-refractivity contribution >= 4 is 23.3 Å². The van der Waals surface area contributed by atoms with Crippen LogP contribution in [0.5, 0.6) is 0 Å². The maximum Gasteiger partial charge on any atom is 0.335 e. The van der Waals surface area contributed by atoms with Gasteiger partial charge in [0.2, 0.25) is 5.91 Å².